The fourth-order valence-electron chi connectivity index (χ4n) is 3.69. The van der Waals surface area contributed by atoms with Gasteiger partial charge in [-0.3, -0.25) is 9.36 Å². The van der Waals surface area contributed by atoms with Crippen LogP contribution in [0, 0.1) is 0 Å². The summed E-state index contributed by atoms with van der Waals surface area (Å²) in [6.07, 6.45) is 1.75. The molecule has 1 aliphatic heterocycles. The topological polar surface area (TPSA) is 69.9 Å². The Balaban J connectivity index is 1.98. The van der Waals surface area contributed by atoms with Gasteiger partial charge in [-0.15, -0.1) is 0 Å². The molecule has 170 valence electrons. The third-order valence-electron chi connectivity index (χ3n) is 5.20. The predicted octanol–water partition coefficient (Wildman–Crippen LogP) is 4.22. The van der Waals surface area contributed by atoms with E-state index in [1.54, 1.807) is 43.7 Å². The number of hydrogen-bond acceptors (Lipinski definition) is 6. The average Bonchev–Trinajstić information content (AvgIpc) is 3.09. The van der Waals surface area contributed by atoms with E-state index in [0.29, 0.717) is 35.8 Å². The summed E-state index contributed by atoms with van der Waals surface area (Å²) in [4.78, 5) is 31.6. The number of hydrogen-bond donors (Lipinski definition) is 0. The van der Waals surface area contributed by atoms with Gasteiger partial charge in [0.2, 0.25) is 0 Å². The van der Waals surface area contributed by atoms with Crippen molar-refractivity contribution in [2.45, 2.75) is 19.9 Å². The molecule has 4 rings (SSSR count). The molecule has 0 amide bonds. The van der Waals surface area contributed by atoms with Gasteiger partial charge in [0, 0.05) is 5.02 Å². The van der Waals surface area contributed by atoms with Crippen molar-refractivity contribution in [2.75, 3.05) is 13.7 Å². The highest BCUT2D eigenvalue weighted by Gasteiger charge is 2.33. The van der Waals surface area contributed by atoms with Gasteiger partial charge in [-0.1, -0.05) is 47.2 Å². The zero-order valence-corrected chi connectivity index (χ0v) is 21.3. The van der Waals surface area contributed by atoms with E-state index in [4.69, 9.17) is 21.1 Å². The number of aromatic nitrogens is 1. The summed E-state index contributed by atoms with van der Waals surface area (Å²) in [5, 5.41) is 0.544. The summed E-state index contributed by atoms with van der Waals surface area (Å²) >= 11 is 11.1. The Morgan fingerprint density at radius 2 is 2.06 bits per heavy atom. The van der Waals surface area contributed by atoms with Crippen LogP contribution in [-0.2, 0) is 9.53 Å². The number of benzene rings is 2. The van der Waals surface area contributed by atoms with Crippen LogP contribution in [0.3, 0.4) is 0 Å². The second kappa shape index (κ2) is 9.67. The molecule has 2 aromatic carbocycles. The molecule has 3 aromatic rings. The lowest BCUT2D eigenvalue weighted by atomic mass is 9.96. The Morgan fingerprint density at radius 1 is 1.30 bits per heavy atom. The van der Waals surface area contributed by atoms with Gasteiger partial charge in [0.25, 0.3) is 5.56 Å². The van der Waals surface area contributed by atoms with Crippen molar-refractivity contribution in [3.63, 3.8) is 0 Å². The molecule has 0 N–H and O–H groups in total. The third kappa shape index (κ3) is 4.43. The van der Waals surface area contributed by atoms with Crippen molar-refractivity contribution in [1.29, 1.82) is 0 Å². The zero-order valence-electron chi connectivity index (χ0n) is 18.1. The first-order valence-corrected chi connectivity index (χ1v) is 12.1. The molecule has 6 nitrogen and oxygen atoms in total. The number of carbonyl (C=O) groups is 1. The minimum Gasteiger partial charge on any atom is -0.496 e. The molecule has 0 saturated carbocycles. The molecule has 0 aliphatic carbocycles. The van der Waals surface area contributed by atoms with Gasteiger partial charge in [-0.05, 0) is 65.2 Å². The van der Waals surface area contributed by atoms with Crippen LogP contribution in [0.25, 0.3) is 6.08 Å². The zero-order chi connectivity index (χ0) is 23.7. The normalized spacial score (nSPS) is 15.8. The molecule has 0 spiro atoms. The highest BCUT2D eigenvalue weighted by atomic mass is 79.9. The Kier molecular flexibility index (Phi) is 6.88. The quantitative estimate of drug-likeness (QED) is 0.449. The number of allylic oxidation sites excluding steroid dienone is 1. The SMILES string of the molecule is CCOC(=O)C1=C(C)N=c2sc(=Cc3ccccc3Cl)c(=O)n2C1c1ccc(OC)c(Br)c1. The van der Waals surface area contributed by atoms with E-state index in [1.165, 1.54) is 11.3 Å². The van der Waals surface area contributed by atoms with Crippen molar-refractivity contribution in [3.8, 4) is 5.75 Å². The predicted molar refractivity (Wildman–Crippen MR) is 133 cm³/mol. The molecule has 33 heavy (non-hydrogen) atoms. The summed E-state index contributed by atoms with van der Waals surface area (Å²) in [5.74, 6) is 0.138. The van der Waals surface area contributed by atoms with Crippen molar-refractivity contribution in [3.05, 3.63) is 94.0 Å². The van der Waals surface area contributed by atoms with E-state index in [-0.39, 0.29) is 12.2 Å². The number of ether oxygens (including phenoxy) is 2. The van der Waals surface area contributed by atoms with Gasteiger partial charge < -0.3 is 9.47 Å². The average molecular weight is 548 g/mol. The first kappa shape index (κ1) is 23.5. The summed E-state index contributed by atoms with van der Waals surface area (Å²) < 4.78 is 13.4. The van der Waals surface area contributed by atoms with Crippen molar-refractivity contribution < 1.29 is 14.3 Å². The largest absolute Gasteiger partial charge is 0.496 e. The van der Waals surface area contributed by atoms with Crippen LogP contribution < -0.4 is 19.6 Å². The lowest BCUT2D eigenvalue weighted by Crippen LogP contribution is -2.40. The molecule has 0 radical (unpaired) electrons. The Labute approximate surface area is 207 Å². The van der Waals surface area contributed by atoms with E-state index < -0.39 is 12.0 Å². The second-order valence-corrected chi connectivity index (χ2v) is 9.49. The Hall–Kier alpha value is -2.68. The van der Waals surface area contributed by atoms with Crippen molar-refractivity contribution in [2.24, 2.45) is 4.99 Å². The van der Waals surface area contributed by atoms with E-state index in [2.05, 4.69) is 20.9 Å². The lowest BCUT2D eigenvalue weighted by molar-refractivity contribution is -0.139. The molecular weight excluding hydrogens is 528 g/mol. The van der Waals surface area contributed by atoms with Gasteiger partial charge in [0.05, 0.1) is 40.0 Å². The maximum atomic E-state index is 13.6. The fourth-order valence-corrected chi connectivity index (χ4v) is 5.48. The fraction of sp³-hybridized carbons (Fsp3) is 0.208. The van der Waals surface area contributed by atoms with Gasteiger partial charge in [-0.2, -0.15) is 0 Å². The molecule has 0 bridgehead atoms. The molecule has 9 heteroatoms. The number of carbonyl (C=O) groups excluding carboxylic acids is 1. The second-order valence-electron chi connectivity index (χ2n) is 7.22. The van der Waals surface area contributed by atoms with Crippen LogP contribution in [0.1, 0.15) is 31.0 Å². The molecule has 2 heterocycles. The number of methoxy groups -OCH3 is 1. The first-order valence-electron chi connectivity index (χ1n) is 10.1. The lowest BCUT2D eigenvalue weighted by Gasteiger charge is -2.25. The molecule has 0 fully saturated rings. The molecule has 1 aromatic heterocycles. The standard InChI is InChI=1S/C24H20BrClN2O4S/c1-4-32-23(30)20-13(2)27-24-28(21(20)15-9-10-18(31-3)16(25)11-15)22(29)19(33-24)12-14-7-5-6-8-17(14)26/h5-12,21H,4H2,1-3H3. The monoisotopic (exact) mass is 546 g/mol. The van der Waals surface area contributed by atoms with Crippen LogP contribution in [0.4, 0.5) is 0 Å². The van der Waals surface area contributed by atoms with Crippen molar-refractivity contribution in [1.82, 2.24) is 4.57 Å². The Morgan fingerprint density at radius 3 is 2.73 bits per heavy atom. The number of esters is 1. The highest BCUT2D eigenvalue weighted by molar-refractivity contribution is 9.10. The highest BCUT2D eigenvalue weighted by Crippen LogP contribution is 2.35. The summed E-state index contributed by atoms with van der Waals surface area (Å²) in [6, 6.07) is 12.1. The minimum absolute atomic E-state index is 0.214. The third-order valence-corrected chi connectivity index (χ3v) is 7.15. The molecular formula is C24H20BrClN2O4S. The Bertz CT molecular complexity index is 1460. The number of halogens is 2. The first-order chi connectivity index (χ1) is 15.8. The van der Waals surface area contributed by atoms with Gasteiger partial charge in [-0.25, -0.2) is 9.79 Å². The van der Waals surface area contributed by atoms with Crippen LogP contribution in [0.5, 0.6) is 5.75 Å². The molecule has 1 atom stereocenters. The minimum atomic E-state index is -0.698. The van der Waals surface area contributed by atoms with Crippen LogP contribution >= 0.6 is 38.9 Å². The summed E-state index contributed by atoms with van der Waals surface area (Å²) in [6.45, 7) is 3.71. The summed E-state index contributed by atoms with van der Waals surface area (Å²) in [7, 11) is 1.58. The number of fused-ring (bicyclic) bond motifs is 1. The van der Waals surface area contributed by atoms with E-state index >= 15 is 0 Å². The maximum Gasteiger partial charge on any atom is 0.338 e. The van der Waals surface area contributed by atoms with Gasteiger partial charge in [0.15, 0.2) is 4.80 Å². The molecule has 1 unspecified atom stereocenters. The van der Waals surface area contributed by atoms with Crippen molar-refractivity contribution >= 4 is 50.9 Å². The van der Waals surface area contributed by atoms with Crippen LogP contribution in [0.2, 0.25) is 5.02 Å². The number of rotatable bonds is 5. The number of nitrogens with zero attached hydrogens (tertiary/aromatic N) is 2. The summed E-state index contributed by atoms with van der Waals surface area (Å²) in [5.41, 5.74) is 2.03. The van der Waals surface area contributed by atoms with Crippen LogP contribution in [0.15, 0.2) is 68.0 Å². The number of thiazole rings is 1. The van der Waals surface area contributed by atoms with Gasteiger partial charge >= 0.3 is 5.97 Å². The molecule has 0 saturated heterocycles. The van der Waals surface area contributed by atoms with E-state index in [1.807, 2.05) is 30.3 Å². The van der Waals surface area contributed by atoms with Crippen LogP contribution in [-0.4, -0.2) is 24.3 Å². The molecule has 1 aliphatic rings. The maximum absolute atomic E-state index is 13.6. The van der Waals surface area contributed by atoms with E-state index in [0.717, 1.165) is 11.1 Å². The smallest absolute Gasteiger partial charge is 0.338 e. The van der Waals surface area contributed by atoms with E-state index in [9.17, 15) is 9.59 Å². The van der Waals surface area contributed by atoms with Gasteiger partial charge in [0.1, 0.15) is 5.75 Å².